The standard InChI is InChI=1S/C22H20N2O11/c1-13(23-31-21(29)11-19(25)26)15-3-7-17(8-4-15)33-35-34-18-9-5-16(6-10-18)14(2)24-32-22(30)12-20(27)28/h3-10H,11-12H2,1-2H3,(H,25,26)(H,27,28). The lowest BCUT2D eigenvalue weighted by Gasteiger charge is -2.06. The Bertz CT molecular complexity index is 1030. The van der Waals surface area contributed by atoms with Gasteiger partial charge in [0, 0.05) is 5.04 Å². The molecule has 0 aliphatic rings. The minimum atomic E-state index is -1.32. The highest BCUT2D eigenvalue weighted by molar-refractivity contribution is 5.99. The molecule has 2 N–H and O–H groups in total. The summed E-state index contributed by atoms with van der Waals surface area (Å²) < 4.78 is 0. The monoisotopic (exact) mass is 488 g/mol. The van der Waals surface area contributed by atoms with Crippen LogP contribution in [0.2, 0.25) is 0 Å². The van der Waals surface area contributed by atoms with Gasteiger partial charge in [0.25, 0.3) is 0 Å². The third-order valence-corrected chi connectivity index (χ3v) is 3.96. The molecule has 0 aliphatic heterocycles. The molecule has 0 aromatic heterocycles. The van der Waals surface area contributed by atoms with Crippen LogP contribution in [0.1, 0.15) is 37.8 Å². The maximum absolute atomic E-state index is 11.2. The molecule has 0 atom stereocenters. The van der Waals surface area contributed by atoms with Crippen molar-refractivity contribution in [1.82, 2.24) is 0 Å². The first-order valence-electron chi connectivity index (χ1n) is 9.78. The highest BCUT2D eigenvalue weighted by Gasteiger charge is 2.10. The van der Waals surface area contributed by atoms with Gasteiger partial charge in [0.2, 0.25) is 0 Å². The SMILES string of the molecule is CC(=NOC(=O)CC(=O)O)c1ccc(OOOc2ccc(C(C)=NOC(=O)CC(=O)O)cc2)cc1. The summed E-state index contributed by atoms with van der Waals surface area (Å²) in [6.07, 6.45) is -1.58. The second kappa shape index (κ2) is 13.1. The number of carboxylic acid groups (broad SMARTS) is 2. The van der Waals surface area contributed by atoms with Crippen molar-refractivity contribution in [2.24, 2.45) is 10.3 Å². The van der Waals surface area contributed by atoms with Crippen molar-refractivity contribution in [2.75, 3.05) is 0 Å². The van der Waals surface area contributed by atoms with Crippen LogP contribution in [-0.2, 0) is 33.9 Å². The lowest BCUT2D eigenvalue weighted by molar-refractivity contribution is -0.411. The smallest absolute Gasteiger partial charge is 0.346 e. The highest BCUT2D eigenvalue weighted by atomic mass is 17.5. The second-order valence-corrected chi connectivity index (χ2v) is 6.70. The number of rotatable bonds is 12. The van der Waals surface area contributed by atoms with Crippen molar-refractivity contribution in [2.45, 2.75) is 26.7 Å². The van der Waals surface area contributed by atoms with Gasteiger partial charge in [0.05, 0.1) is 11.4 Å². The van der Waals surface area contributed by atoms with E-state index in [1.807, 2.05) is 0 Å². The fraction of sp³-hybridized carbons (Fsp3) is 0.182. The molecule has 0 spiro atoms. The zero-order valence-corrected chi connectivity index (χ0v) is 18.5. The maximum Gasteiger partial charge on any atom is 0.346 e. The van der Waals surface area contributed by atoms with Gasteiger partial charge in [-0.2, -0.15) is 0 Å². The molecule has 2 aromatic carbocycles. The Morgan fingerprint density at radius 2 is 1.00 bits per heavy atom. The first kappa shape index (κ1) is 26.5. The predicted molar refractivity (Wildman–Crippen MR) is 116 cm³/mol. The molecule has 2 aromatic rings. The average molecular weight is 488 g/mol. The fourth-order valence-electron chi connectivity index (χ4n) is 2.25. The lowest BCUT2D eigenvalue weighted by atomic mass is 10.1. The first-order chi connectivity index (χ1) is 16.6. The Balaban J connectivity index is 1.82. The van der Waals surface area contributed by atoms with Crippen molar-refractivity contribution < 1.29 is 53.9 Å². The summed E-state index contributed by atoms with van der Waals surface area (Å²) in [5.74, 6) is -4.04. The Morgan fingerprint density at radius 3 is 1.31 bits per heavy atom. The minimum absolute atomic E-state index is 0.284. The van der Waals surface area contributed by atoms with Crippen molar-refractivity contribution in [3.63, 3.8) is 0 Å². The summed E-state index contributed by atoms with van der Waals surface area (Å²) in [7, 11) is 0. The van der Waals surface area contributed by atoms with Crippen LogP contribution < -0.4 is 9.78 Å². The van der Waals surface area contributed by atoms with Gasteiger partial charge in [0.1, 0.15) is 12.8 Å². The zero-order valence-electron chi connectivity index (χ0n) is 18.5. The van der Waals surface area contributed by atoms with Crippen molar-refractivity contribution in [3.8, 4) is 11.5 Å². The van der Waals surface area contributed by atoms with Crippen LogP contribution in [-0.4, -0.2) is 45.5 Å². The molecule has 13 heteroatoms. The number of benzene rings is 2. The molecule has 0 aliphatic carbocycles. The van der Waals surface area contributed by atoms with E-state index in [0.717, 1.165) is 0 Å². The van der Waals surface area contributed by atoms with Crippen LogP contribution in [0, 0.1) is 0 Å². The van der Waals surface area contributed by atoms with Gasteiger partial charge in [-0.25, -0.2) is 9.59 Å². The Morgan fingerprint density at radius 1 is 0.657 bits per heavy atom. The van der Waals surface area contributed by atoms with Gasteiger partial charge in [-0.15, -0.1) is 0 Å². The largest absolute Gasteiger partial charge is 0.481 e. The summed E-state index contributed by atoms with van der Waals surface area (Å²) in [5, 5.41) is 28.9. The molecule has 0 unspecified atom stereocenters. The van der Waals surface area contributed by atoms with Crippen molar-refractivity contribution in [1.29, 1.82) is 0 Å². The summed E-state index contributed by atoms with van der Waals surface area (Å²) in [5.41, 5.74) is 1.84. The molecule has 184 valence electrons. The third-order valence-electron chi connectivity index (χ3n) is 3.96. The molecular weight excluding hydrogens is 468 g/mol. The van der Waals surface area contributed by atoms with Crippen LogP contribution in [0.25, 0.3) is 0 Å². The van der Waals surface area contributed by atoms with Gasteiger partial charge in [0.15, 0.2) is 11.5 Å². The maximum atomic E-state index is 11.2. The Hall–Kier alpha value is -4.78. The van der Waals surface area contributed by atoms with E-state index in [1.54, 1.807) is 38.1 Å². The zero-order chi connectivity index (χ0) is 25.8. The normalized spacial score (nSPS) is 11.4. The molecule has 13 nitrogen and oxygen atoms in total. The predicted octanol–water partition coefficient (Wildman–Crippen LogP) is 2.47. The van der Waals surface area contributed by atoms with Crippen LogP contribution in [0.15, 0.2) is 58.8 Å². The molecule has 0 saturated carbocycles. The molecule has 0 radical (unpaired) electrons. The van der Waals surface area contributed by atoms with Gasteiger partial charge < -0.3 is 19.9 Å². The van der Waals surface area contributed by atoms with Crippen LogP contribution in [0.5, 0.6) is 11.5 Å². The van der Waals surface area contributed by atoms with Gasteiger partial charge in [-0.1, -0.05) is 10.3 Å². The van der Waals surface area contributed by atoms with Crippen molar-refractivity contribution >= 4 is 35.3 Å². The summed E-state index contributed by atoms with van der Waals surface area (Å²) in [6.45, 7) is 3.14. The summed E-state index contributed by atoms with van der Waals surface area (Å²) in [4.78, 5) is 62.4. The minimum Gasteiger partial charge on any atom is -0.481 e. The Kier molecular flexibility index (Phi) is 9.87. The van der Waals surface area contributed by atoms with E-state index in [4.69, 9.17) is 25.0 Å². The number of hydrogen-bond donors (Lipinski definition) is 2. The number of oxime groups is 2. The second-order valence-electron chi connectivity index (χ2n) is 6.70. The fourth-order valence-corrected chi connectivity index (χ4v) is 2.25. The number of carbonyl (C=O) groups excluding carboxylic acids is 2. The van der Waals surface area contributed by atoms with Gasteiger partial charge in [-0.3, -0.25) is 19.4 Å². The number of carbonyl (C=O) groups is 4. The Labute approximate surface area is 197 Å². The summed E-state index contributed by atoms with van der Waals surface area (Å²) >= 11 is 0. The molecule has 0 bridgehead atoms. The van der Waals surface area contributed by atoms with E-state index < -0.39 is 36.7 Å². The van der Waals surface area contributed by atoms with E-state index >= 15 is 0 Å². The molecule has 0 saturated heterocycles. The van der Waals surface area contributed by atoms with E-state index in [1.165, 1.54) is 24.3 Å². The van der Waals surface area contributed by atoms with Gasteiger partial charge >= 0.3 is 23.9 Å². The average Bonchev–Trinajstić information content (AvgIpc) is 2.81. The quantitative estimate of drug-likeness (QED) is 0.147. The number of nitrogens with zero attached hydrogens (tertiary/aromatic N) is 2. The molecular formula is C22H20N2O11. The number of hydrogen-bond acceptors (Lipinski definition) is 11. The molecule has 0 amide bonds. The van der Waals surface area contributed by atoms with Crippen LogP contribution in [0.3, 0.4) is 0 Å². The molecule has 0 heterocycles. The molecule has 0 fully saturated rings. The topological polar surface area (TPSA) is 180 Å². The highest BCUT2D eigenvalue weighted by Crippen LogP contribution is 2.16. The van der Waals surface area contributed by atoms with E-state index in [2.05, 4.69) is 20.0 Å². The van der Waals surface area contributed by atoms with Gasteiger partial charge in [-0.05, 0) is 73.5 Å². The lowest BCUT2D eigenvalue weighted by Crippen LogP contribution is -2.09. The van der Waals surface area contributed by atoms with Crippen molar-refractivity contribution in [3.05, 3.63) is 59.7 Å². The van der Waals surface area contributed by atoms with E-state index in [0.29, 0.717) is 22.6 Å². The van der Waals surface area contributed by atoms with E-state index in [9.17, 15) is 19.2 Å². The molecule has 2 rings (SSSR count). The van der Waals surface area contributed by atoms with Crippen LogP contribution >= 0.6 is 0 Å². The third kappa shape index (κ3) is 9.71. The van der Waals surface area contributed by atoms with E-state index in [-0.39, 0.29) is 11.5 Å². The molecule has 35 heavy (non-hydrogen) atoms. The number of aliphatic carboxylic acids is 2. The summed E-state index contributed by atoms with van der Waals surface area (Å²) in [6, 6.07) is 12.5. The first-order valence-corrected chi connectivity index (χ1v) is 9.78. The van der Waals surface area contributed by atoms with Crippen LogP contribution in [0.4, 0.5) is 0 Å². The number of carboxylic acids is 2.